The molecular formula is C19H24N2O3. The molecule has 0 aliphatic heterocycles. The van der Waals surface area contributed by atoms with E-state index in [1.165, 1.54) is 6.92 Å². The van der Waals surface area contributed by atoms with Gasteiger partial charge < -0.3 is 15.7 Å². The number of benzene rings is 2. The first-order valence-corrected chi connectivity index (χ1v) is 8.10. The van der Waals surface area contributed by atoms with Gasteiger partial charge in [0.05, 0.1) is 6.10 Å². The molecule has 0 bridgehead atoms. The Morgan fingerprint density at radius 2 is 1.75 bits per heavy atom. The van der Waals surface area contributed by atoms with Crippen LogP contribution in [0.25, 0.3) is 10.8 Å². The van der Waals surface area contributed by atoms with E-state index in [0.717, 1.165) is 16.3 Å². The molecule has 2 atom stereocenters. The Balaban J connectivity index is 2.01. The number of carbonyl (C=O) groups excluding carboxylic acids is 2. The molecule has 0 aliphatic carbocycles. The minimum absolute atomic E-state index is 0.0355. The number of rotatable bonds is 6. The van der Waals surface area contributed by atoms with Crippen LogP contribution in [0.15, 0.2) is 42.5 Å². The molecule has 0 aliphatic rings. The summed E-state index contributed by atoms with van der Waals surface area (Å²) in [6.45, 7) is 5.20. The zero-order chi connectivity index (χ0) is 17.7. The quantitative estimate of drug-likeness (QED) is 0.760. The predicted octanol–water partition coefficient (Wildman–Crippen LogP) is 2.15. The molecule has 0 radical (unpaired) electrons. The summed E-state index contributed by atoms with van der Waals surface area (Å²) < 4.78 is 0. The van der Waals surface area contributed by atoms with Gasteiger partial charge in [-0.2, -0.15) is 0 Å². The van der Waals surface area contributed by atoms with Crippen molar-refractivity contribution in [3.63, 3.8) is 0 Å². The van der Waals surface area contributed by atoms with Crippen molar-refractivity contribution in [1.29, 1.82) is 0 Å². The third kappa shape index (κ3) is 4.55. The molecule has 0 spiro atoms. The lowest BCUT2D eigenvalue weighted by Crippen LogP contribution is -2.49. The second-order valence-electron chi connectivity index (χ2n) is 6.29. The van der Waals surface area contributed by atoms with Gasteiger partial charge in [-0.3, -0.25) is 9.59 Å². The highest BCUT2D eigenvalue weighted by Crippen LogP contribution is 2.20. The van der Waals surface area contributed by atoms with Gasteiger partial charge in [0.15, 0.2) is 0 Å². The molecule has 2 aromatic rings. The summed E-state index contributed by atoms with van der Waals surface area (Å²) >= 11 is 0. The number of fused-ring (bicyclic) bond motifs is 1. The van der Waals surface area contributed by atoms with Crippen molar-refractivity contribution in [2.75, 3.05) is 6.54 Å². The second kappa shape index (κ2) is 7.93. The maximum absolute atomic E-state index is 12.2. The molecule has 3 N–H and O–H groups in total. The number of amides is 2. The molecule has 0 fully saturated rings. The molecule has 2 rings (SSSR count). The van der Waals surface area contributed by atoms with E-state index in [1.807, 2.05) is 56.3 Å². The fourth-order valence-corrected chi connectivity index (χ4v) is 2.59. The lowest BCUT2D eigenvalue weighted by Gasteiger charge is -2.22. The monoisotopic (exact) mass is 328 g/mol. The molecule has 2 unspecified atom stereocenters. The molecular weight excluding hydrogens is 304 g/mol. The zero-order valence-corrected chi connectivity index (χ0v) is 14.2. The standard InChI is InChI=1S/C19H24N2O3/c1-12(2)18(21-13(3)22)19(24)20-11-17(23)16-9-8-14-6-4-5-7-15(14)10-16/h4-10,12,17-18,23H,11H2,1-3H3,(H,20,24)(H,21,22). The maximum Gasteiger partial charge on any atom is 0.242 e. The van der Waals surface area contributed by atoms with Gasteiger partial charge in [0.2, 0.25) is 11.8 Å². The third-order valence-corrected chi connectivity index (χ3v) is 3.94. The van der Waals surface area contributed by atoms with E-state index in [1.54, 1.807) is 0 Å². The van der Waals surface area contributed by atoms with Crippen molar-refractivity contribution in [1.82, 2.24) is 10.6 Å². The number of nitrogens with one attached hydrogen (secondary N) is 2. The van der Waals surface area contributed by atoms with E-state index in [9.17, 15) is 14.7 Å². The molecule has 2 amide bonds. The Hall–Kier alpha value is -2.40. The highest BCUT2D eigenvalue weighted by Gasteiger charge is 2.23. The highest BCUT2D eigenvalue weighted by molar-refractivity contribution is 5.87. The van der Waals surface area contributed by atoms with Gasteiger partial charge in [-0.05, 0) is 28.3 Å². The van der Waals surface area contributed by atoms with Crippen molar-refractivity contribution in [3.05, 3.63) is 48.0 Å². The van der Waals surface area contributed by atoms with Crippen molar-refractivity contribution in [3.8, 4) is 0 Å². The smallest absolute Gasteiger partial charge is 0.242 e. The minimum atomic E-state index is -0.802. The number of carbonyl (C=O) groups is 2. The van der Waals surface area contributed by atoms with Gasteiger partial charge in [-0.25, -0.2) is 0 Å². The van der Waals surface area contributed by atoms with Crippen LogP contribution in [0, 0.1) is 5.92 Å². The molecule has 0 heterocycles. The van der Waals surface area contributed by atoms with Crippen LogP contribution < -0.4 is 10.6 Å². The molecule has 5 nitrogen and oxygen atoms in total. The first-order valence-electron chi connectivity index (χ1n) is 8.10. The van der Waals surface area contributed by atoms with Gasteiger partial charge in [0.1, 0.15) is 6.04 Å². The SMILES string of the molecule is CC(=O)NC(C(=O)NCC(O)c1ccc2ccccc2c1)C(C)C. The third-order valence-electron chi connectivity index (χ3n) is 3.94. The molecule has 128 valence electrons. The van der Waals surface area contributed by atoms with E-state index in [2.05, 4.69) is 10.6 Å². The lowest BCUT2D eigenvalue weighted by molar-refractivity contribution is -0.129. The van der Waals surface area contributed by atoms with E-state index < -0.39 is 12.1 Å². The molecule has 0 aromatic heterocycles. The van der Waals surface area contributed by atoms with Crippen LogP contribution in [-0.4, -0.2) is 29.5 Å². The molecule has 2 aromatic carbocycles. The summed E-state index contributed by atoms with van der Waals surface area (Å²) in [6, 6.07) is 13.0. The van der Waals surface area contributed by atoms with Crippen LogP contribution in [0.5, 0.6) is 0 Å². The zero-order valence-electron chi connectivity index (χ0n) is 14.2. The predicted molar refractivity (Wildman–Crippen MR) is 94.4 cm³/mol. The van der Waals surface area contributed by atoms with Crippen LogP contribution in [0.1, 0.15) is 32.4 Å². The lowest BCUT2D eigenvalue weighted by atomic mass is 10.0. The van der Waals surface area contributed by atoms with Gasteiger partial charge in [0, 0.05) is 13.5 Å². The number of hydrogen-bond donors (Lipinski definition) is 3. The Labute approximate surface area is 142 Å². The second-order valence-corrected chi connectivity index (χ2v) is 6.29. The van der Waals surface area contributed by atoms with Crippen LogP contribution in [0.2, 0.25) is 0 Å². The summed E-state index contributed by atoms with van der Waals surface area (Å²) in [6.07, 6.45) is -0.802. The average Bonchev–Trinajstić information content (AvgIpc) is 2.56. The Bertz CT molecular complexity index is 727. The molecule has 0 saturated heterocycles. The topological polar surface area (TPSA) is 78.4 Å². The number of hydrogen-bond acceptors (Lipinski definition) is 3. The molecule has 0 saturated carbocycles. The van der Waals surface area contributed by atoms with Crippen LogP contribution in [-0.2, 0) is 9.59 Å². The van der Waals surface area contributed by atoms with E-state index in [4.69, 9.17) is 0 Å². The summed E-state index contributed by atoms with van der Waals surface area (Å²) in [5, 5.41) is 17.8. The summed E-state index contributed by atoms with van der Waals surface area (Å²) in [7, 11) is 0. The fraction of sp³-hybridized carbons (Fsp3) is 0.368. The van der Waals surface area contributed by atoms with Crippen LogP contribution >= 0.6 is 0 Å². The molecule has 24 heavy (non-hydrogen) atoms. The first-order chi connectivity index (χ1) is 11.4. The molecule has 5 heteroatoms. The summed E-state index contributed by atoms with van der Waals surface area (Å²) in [4.78, 5) is 23.4. The van der Waals surface area contributed by atoms with Crippen molar-refractivity contribution in [2.45, 2.75) is 32.9 Å². The number of aliphatic hydroxyl groups is 1. The number of aliphatic hydroxyl groups excluding tert-OH is 1. The van der Waals surface area contributed by atoms with E-state index >= 15 is 0 Å². The van der Waals surface area contributed by atoms with Gasteiger partial charge in [0.25, 0.3) is 0 Å². The van der Waals surface area contributed by atoms with E-state index in [-0.39, 0.29) is 24.3 Å². The van der Waals surface area contributed by atoms with E-state index in [0.29, 0.717) is 0 Å². The Kier molecular flexibility index (Phi) is 5.93. The minimum Gasteiger partial charge on any atom is -0.387 e. The highest BCUT2D eigenvalue weighted by atomic mass is 16.3. The maximum atomic E-state index is 12.2. The van der Waals surface area contributed by atoms with Gasteiger partial charge >= 0.3 is 0 Å². The fourth-order valence-electron chi connectivity index (χ4n) is 2.59. The van der Waals surface area contributed by atoms with Crippen LogP contribution in [0.4, 0.5) is 0 Å². The Morgan fingerprint density at radius 1 is 1.08 bits per heavy atom. The first kappa shape index (κ1) is 17.9. The van der Waals surface area contributed by atoms with Crippen molar-refractivity contribution < 1.29 is 14.7 Å². The normalized spacial score (nSPS) is 13.5. The summed E-state index contributed by atoms with van der Waals surface area (Å²) in [5.74, 6) is -0.578. The Morgan fingerprint density at radius 3 is 2.38 bits per heavy atom. The summed E-state index contributed by atoms with van der Waals surface area (Å²) in [5.41, 5.74) is 0.745. The van der Waals surface area contributed by atoms with Crippen molar-refractivity contribution in [2.24, 2.45) is 5.92 Å². The average molecular weight is 328 g/mol. The van der Waals surface area contributed by atoms with Crippen molar-refractivity contribution >= 4 is 22.6 Å². The van der Waals surface area contributed by atoms with Gasteiger partial charge in [-0.15, -0.1) is 0 Å². The van der Waals surface area contributed by atoms with Gasteiger partial charge in [-0.1, -0.05) is 50.2 Å². The van der Waals surface area contributed by atoms with Crippen LogP contribution in [0.3, 0.4) is 0 Å². The largest absolute Gasteiger partial charge is 0.387 e.